The summed E-state index contributed by atoms with van der Waals surface area (Å²) in [5, 5.41) is 0.713. The minimum Gasteiger partial charge on any atom is -0.327 e. The first-order valence-corrected chi connectivity index (χ1v) is 7.70. The van der Waals surface area contributed by atoms with Crippen molar-refractivity contribution in [1.82, 2.24) is 4.90 Å². The molecule has 0 bridgehead atoms. The van der Waals surface area contributed by atoms with Crippen molar-refractivity contribution in [2.75, 3.05) is 26.4 Å². The van der Waals surface area contributed by atoms with E-state index >= 15 is 0 Å². The van der Waals surface area contributed by atoms with Gasteiger partial charge in [-0.3, -0.25) is 0 Å². The molecule has 1 fully saturated rings. The largest absolute Gasteiger partial charge is 0.327 e. The molecule has 2 nitrogen and oxygen atoms in total. The van der Waals surface area contributed by atoms with Crippen molar-refractivity contribution in [2.45, 2.75) is 50.3 Å². The van der Waals surface area contributed by atoms with Gasteiger partial charge >= 0.3 is 0 Å². The molecule has 0 amide bonds. The summed E-state index contributed by atoms with van der Waals surface area (Å²) in [7, 11) is 4.28. The molecule has 1 aliphatic rings. The predicted molar refractivity (Wildman–Crippen MR) is 75.0 cm³/mol. The molecular weight excluding hydrogens is 216 g/mol. The van der Waals surface area contributed by atoms with Crippen LogP contribution in [0.2, 0.25) is 0 Å². The van der Waals surface area contributed by atoms with Crippen molar-refractivity contribution in [1.29, 1.82) is 0 Å². The van der Waals surface area contributed by atoms with Gasteiger partial charge in [-0.25, -0.2) is 0 Å². The van der Waals surface area contributed by atoms with E-state index in [4.69, 9.17) is 5.73 Å². The van der Waals surface area contributed by atoms with E-state index in [1.165, 1.54) is 44.4 Å². The van der Waals surface area contributed by atoms with E-state index < -0.39 is 0 Å². The fourth-order valence-electron chi connectivity index (χ4n) is 2.48. The standard InChI is InChI=1S/C13H28N2S/c1-4-5-11-6-7-12(14)13(10-11)16-9-8-15(2)3/h11-13H,4-10,14H2,1-3H3. The minimum absolute atomic E-state index is 0.445. The SMILES string of the molecule is CCCC1CCC(N)C(SCCN(C)C)C1. The van der Waals surface area contributed by atoms with Crippen LogP contribution in [0.3, 0.4) is 0 Å². The normalized spacial score (nSPS) is 30.9. The Balaban J connectivity index is 2.26. The second-order valence-electron chi connectivity index (χ2n) is 5.34. The minimum atomic E-state index is 0.445. The third-order valence-electron chi connectivity index (χ3n) is 3.52. The predicted octanol–water partition coefficient (Wildman–Crippen LogP) is 2.58. The fourth-order valence-corrected chi connectivity index (χ4v) is 4.05. The highest BCUT2D eigenvalue weighted by molar-refractivity contribution is 8.00. The van der Waals surface area contributed by atoms with Gasteiger partial charge in [-0.1, -0.05) is 19.8 Å². The van der Waals surface area contributed by atoms with E-state index in [1.54, 1.807) is 0 Å². The van der Waals surface area contributed by atoms with Crippen LogP contribution >= 0.6 is 11.8 Å². The monoisotopic (exact) mass is 244 g/mol. The zero-order valence-corrected chi connectivity index (χ0v) is 11.9. The van der Waals surface area contributed by atoms with Crippen LogP contribution in [0.15, 0.2) is 0 Å². The quantitative estimate of drug-likeness (QED) is 0.779. The van der Waals surface area contributed by atoms with Crippen LogP contribution in [0, 0.1) is 5.92 Å². The topological polar surface area (TPSA) is 29.3 Å². The highest BCUT2D eigenvalue weighted by Gasteiger charge is 2.27. The number of nitrogens with zero attached hydrogens (tertiary/aromatic N) is 1. The van der Waals surface area contributed by atoms with Crippen LogP contribution in [0.25, 0.3) is 0 Å². The van der Waals surface area contributed by atoms with E-state index in [1.807, 2.05) is 0 Å². The molecule has 3 unspecified atom stereocenters. The van der Waals surface area contributed by atoms with Crippen LogP contribution in [-0.2, 0) is 0 Å². The lowest BCUT2D eigenvalue weighted by molar-refractivity contribution is 0.316. The van der Waals surface area contributed by atoms with Gasteiger partial charge in [0, 0.05) is 23.6 Å². The Hall–Kier alpha value is 0.270. The van der Waals surface area contributed by atoms with Crippen LogP contribution in [0.5, 0.6) is 0 Å². The molecule has 0 aromatic heterocycles. The third-order valence-corrected chi connectivity index (χ3v) is 4.91. The first-order chi connectivity index (χ1) is 7.63. The second-order valence-corrected chi connectivity index (χ2v) is 6.69. The summed E-state index contributed by atoms with van der Waals surface area (Å²) >= 11 is 2.10. The molecule has 0 aromatic rings. The lowest BCUT2D eigenvalue weighted by Crippen LogP contribution is -2.39. The summed E-state index contributed by atoms with van der Waals surface area (Å²) < 4.78 is 0. The smallest absolute Gasteiger partial charge is 0.0202 e. The van der Waals surface area contributed by atoms with E-state index in [9.17, 15) is 0 Å². The summed E-state index contributed by atoms with van der Waals surface area (Å²) in [4.78, 5) is 2.25. The lowest BCUT2D eigenvalue weighted by atomic mass is 9.83. The first kappa shape index (κ1) is 14.3. The van der Waals surface area contributed by atoms with Crippen LogP contribution in [0.1, 0.15) is 39.0 Å². The molecule has 2 N–H and O–H groups in total. The molecule has 0 spiro atoms. The van der Waals surface area contributed by atoms with Crippen LogP contribution < -0.4 is 5.73 Å². The summed E-state index contributed by atoms with van der Waals surface area (Å²) in [6.07, 6.45) is 6.68. The maximum atomic E-state index is 6.22. The molecule has 0 aliphatic heterocycles. The van der Waals surface area contributed by atoms with Crippen molar-refractivity contribution in [2.24, 2.45) is 11.7 Å². The maximum Gasteiger partial charge on any atom is 0.0202 e. The zero-order valence-electron chi connectivity index (χ0n) is 11.1. The van der Waals surface area contributed by atoms with Gasteiger partial charge in [0.05, 0.1) is 0 Å². The van der Waals surface area contributed by atoms with Crippen molar-refractivity contribution in [3.05, 3.63) is 0 Å². The van der Waals surface area contributed by atoms with Gasteiger partial charge in [-0.05, 0) is 39.3 Å². The van der Waals surface area contributed by atoms with Crippen LogP contribution in [0.4, 0.5) is 0 Å². The third kappa shape index (κ3) is 5.07. The second kappa shape index (κ2) is 7.57. The van der Waals surface area contributed by atoms with E-state index in [-0.39, 0.29) is 0 Å². The molecule has 96 valence electrons. The Bertz CT molecular complexity index is 185. The molecule has 1 aliphatic carbocycles. The number of hydrogen-bond acceptors (Lipinski definition) is 3. The number of rotatable bonds is 6. The first-order valence-electron chi connectivity index (χ1n) is 6.65. The number of nitrogens with two attached hydrogens (primary N) is 1. The van der Waals surface area contributed by atoms with Gasteiger partial charge in [0.15, 0.2) is 0 Å². The van der Waals surface area contributed by atoms with Crippen molar-refractivity contribution >= 4 is 11.8 Å². The number of thioether (sulfide) groups is 1. The molecule has 1 saturated carbocycles. The molecule has 0 saturated heterocycles. The van der Waals surface area contributed by atoms with Gasteiger partial charge in [0.2, 0.25) is 0 Å². The van der Waals surface area contributed by atoms with Crippen LogP contribution in [-0.4, -0.2) is 42.6 Å². The molecule has 0 aromatic carbocycles. The van der Waals surface area contributed by atoms with Gasteiger partial charge in [-0.2, -0.15) is 11.8 Å². The van der Waals surface area contributed by atoms with E-state index in [0.717, 1.165) is 5.92 Å². The molecule has 1 rings (SSSR count). The van der Waals surface area contributed by atoms with Gasteiger partial charge in [0.25, 0.3) is 0 Å². The van der Waals surface area contributed by atoms with Gasteiger partial charge < -0.3 is 10.6 Å². The van der Waals surface area contributed by atoms with Crippen molar-refractivity contribution in [3.63, 3.8) is 0 Å². The summed E-state index contributed by atoms with van der Waals surface area (Å²) in [6, 6.07) is 0.445. The molecule has 0 radical (unpaired) electrons. The average Bonchev–Trinajstić information content (AvgIpc) is 2.22. The maximum absolute atomic E-state index is 6.22. The fraction of sp³-hybridized carbons (Fsp3) is 1.00. The number of hydrogen-bond donors (Lipinski definition) is 1. The molecular formula is C13H28N2S. The van der Waals surface area contributed by atoms with E-state index in [2.05, 4.69) is 37.7 Å². The van der Waals surface area contributed by atoms with E-state index in [0.29, 0.717) is 11.3 Å². The van der Waals surface area contributed by atoms with Crippen molar-refractivity contribution < 1.29 is 0 Å². The highest BCUT2D eigenvalue weighted by atomic mass is 32.2. The molecule has 3 heteroatoms. The van der Waals surface area contributed by atoms with Crippen molar-refractivity contribution in [3.8, 4) is 0 Å². The van der Waals surface area contributed by atoms with Gasteiger partial charge in [0.1, 0.15) is 0 Å². The molecule has 0 heterocycles. The Morgan fingerprint density at radius 1 is 1.31 bits per heavy atom. The zero-order chi connectivity index (χ0) is 12.0. The Morgan fingerprint density at radius 3 is 2.69 bits per heavy atom. The Kier molecular flexibility index (Phi) is 6.78. The van der Waals surface area contributed by atoms with Gasteiger partial charge in [-0.15, -0.1) is 0 Å². The summed E-state index contributed by atoms with van der Waals surface area (Å²) in [6.45, 7) is 3.47. The Morgan fingerprint density at radius 2 is 2.06 bits per heavy atom. The lowest BCUT2D eigenvalue weighted by Gasteiger charge is -2.34. The molecule has 16 heavy (non-hydrogen) atoms. The summed E-state index contributed by atoms with van der Waals surface area (Å²) in [5.74, 6) is 2.17. The highest BCUT2D eigenvalue weighted by Crippen LogP contribution is 2.33. The average molecular weight is 244 g/mol. The molecule has 3 atom stereocenters. The summed E-state index contributed by atoms with van der Waals surface area (Å²) in [5.41, 5.74) is 6.22. The Labute approximate surface area is 105 Å².